The molecule has 0 N–H and O–H groups in total. The number of nitrogens with zero attached hydrogens (tertiary/aromatic N) is 4. The zero-order chi connectivity index (χ0) is 24.7. The number of rotatable bonds is 0. The van der Waals surface area contributed by atoms with Gasteiger partial charge in [-0.25, -0.2) is 0 Å². The third-order valence-electron chi connectivity index (χ3n) is 1.62. The molecule has 0 unspecified atom stereocenters. The minimum atomic E-state index is 0. The Morgan fingerprint density at radius 2 is 0.531 bits per heavy atom. The normalized spacial score (nSPS) is 4.88. The van der Waals surface area contributed by atoms with Gasteiger partial charge in [0.15, 0.2) is 0 Å². The molecule has 0 atom stereocenters. The fraction of sp³-hybridized carbons (Fsp3) is 0. The van der Waals surface area contributed by atoms with Crippen molar-refractivity contribution in [3.63, 3.8) is 0 Å². The average molecular weight is 603 g/mol. The molecule has 2 radical (unpaired) electrons. The molecular formula is C20H15N4O6Tc2-. The third-order valence-corrected chi connectivity index (χ3v) is 1.62. The van der Waals surface area contributed by atoms with E-state index in [0.29, 0.717) is 0 Å². The molecule has 3 aromatic heterocycles. The zero-order valence-corrected chi connectivity index (χ0v) is 19.8. The van der Waals surface area contributed by atoms with E-state index >= 15 is 0 Å². The van der Waals surface area contributed by atoms with Crippen LogP contribution in [0.25, 0.3) is 0 Å². The Bertz CT molecular complexity index is 531. The van der Waals surface area contributed by atoms with Crippen LogP contribution in [-0.2, 0) is 68.1 Å². The molecule has 0 saturated heterocycles. The first-order valence-electron chi connectivity index (χ1n) is 6.64. The smallest absolute Gasteiger partial charge is 0.0496 e. The summed E-state index contributed by atoms with van der Waals surface area (Å²) < 4.78 is 45.0. The van der Waals surface area contributed by atoms with Gasteiger partial charge in [0, 0.05) is 77.4 Å². The Kier molecular flexibility index (Phi) is 146. The molecule has 0 bridgehead atoms. The van der Waals surface area contributed by atoms with Gasteiger partial charge in [0.25, 0.3) is 0 Å². The number of pyridine rings is 2. The second-order valence-electron chi connectivity index (χ2n) is 2.96. The van der Waals surface area contributed by atoms with Gasteiger partial charge in [-0.15, -0.1) is 0 Å². The van der Waals surface area contributed by atoms with Crippen molar-refractivity contribution in [2.45, 2.75) is 0 Å². The largest absolute Gasteiger partial charge is 1.00 e. The Morgan fingerprint density at radius 1 is 0.344 bits per heavy atom. The Labute approximate surface area is 214 Å². The van der Waals surface area contributed by atoms with Crippen LogP contribution in [0.15, 0.2) is 85.7 Å². The van der Waals surface area contributed by atoms with E-state index in [1.54, 1.807) is 37.2 Å². The van der Waals surface area contributed by atoms with Crippen molar-refractivity contribution in [1.82, 2.24) is 20.2 Å². The number of hydrogen-bond donors (Lipinski definition) is 0. The molecule has 10 nitrogen and oxygen atoms in total. The molecule has 0 aliphatic rings. The first-order valence-corrected chi connectivity index (χ1v) is 6.64. The standard InChI is InChI=1S/2C5H5N.C4H4N2.6CO.2Tc.H/c3*1-2-4-6-5-3-1;6*1-2;;;/h2*1-5H;1-4H;;;;;;;;;/q;;;;;;;;;;;-1. The fourth-order valence-electron chi connectivity index (χ4n) is 0.879. The summed E-state index contributed by atoms with van der Waals surface area (Å²) in [6, 6.07) is 15.1. The topological polar surface area (TPSA) is 171 Å². The van der Waals surface area contributed by atoms with E-state index < -0.39 is 0 Å². The molecule has 0 amide bonds. The maximum absolute atomic E-state index is 7.50. The number of aromatic nitrogens is 4. The molecule has 32 heavy (non-hydrogen) atoms. The van der Waals surface area contributed by atoms with Crippen LogP contribution in [-0.4, -0.2) is 20.2 Å². The minimum Gasteiger partial charge on any atom is -1.00 e. The van der Waals surface area contributed by atoms with Gasteiger partial charge in [-0.05, 0) is 36.4 Å². The SMILES string of the molecule is [C-]#[O+].[C-]#[O+].[C-]#[O+].[C-]#[O+].[C-]#[O+].[C-]#[O+].[H-].[Tc].[Tc].c1ccncc1.c1ccncc1.c1ccnnc1. The summed E-state index contributed by atoms with van der Waals surface area (Å²) in [7, 11) is 0. The van der Waals surface area contributed by atoms with Crippen molar-refractivity contribution in [2.75, 3.05) is 0 Å². The van der Waals surface area contributed by atoms with Crippen LogP contribution in [0.3, 0.4) is 0 Å². The van der Waals surface area contributed by atoms with E-state index in [1.165, 1.54) is 0 Å². The molecule has 0 aliphatic heterocycles. The summed E-state index contributed by atoms with van der Waals surface area (Å²) in [6.07, 6.45) is 10.3. The van der Waals surface area contributed by atoms with E-state index in [0.717, 1.165) is 0 Å². The van der Waals surface area contributed by atoms with Crippen LogP contribution >= 0.6 is 0 Å². The molecule has 3 rings (SSSR count). The van der Waals surface area contributed by atoms with Crippen molar-refractivity contribution in [2.24, 2.45) is 0 Å². The van der Waals surface area contributed by atoms with E-state index in [4.69, 9.17) is 27.9 Å². The summed E-state index contributed by atoms with van der Waals surface area (Å²) >= 11 is 0. The van der Waals surface area contributed by atoms with Crippen molar-refractivity contribution >= 4 is 0 Å². The van der Waals surface area contributed by atoms with Gasteiger partial charge in [-0.3, -0.25) is 9.97 Å². The predicted octanol–water partition coefficient (Wildman–Crippen LogP) is 2.52. The Balaban J connectivity index is -0.0000000295. The molecule has 3 aromatic rings. The summed E-state index contributed by atoms with van der Waals surface area (Å²) in [5.74, 6) is 0. The van der Waals surface area contributed by atoms with E-state index in [-0.39, 0.29) is 41.6 Å². The van der Waals surface area contributed by atoms with Gasteiger partial charge < -0.3 is 1.43 Å². The third kappa shape index (κ3) is 80.9. The zero-order valence-electron chi connectivity index (χ0n) is 17.1. The summed E-state index contributed by atoms with van der Waals surface area (Å²) in [6.45, 7) is 27.0. The molecule has 0 saturated carbocycles. The van der Waals surface area contributed by atoms with Crippen molar-refractivity contribution in [3.8, 4) is 0 Å². The van der Waals surface area contributed by atoms with Crippen LogP contribution < -0.4 is 0 Å². The molecule has 3 heterocycles. The van der Waals surface area contributed by atoms with Gasteiger partial charge in [0.1, 0.15) is 0 Å². The fourth-order valence-corrected chi connectivity index (χ4v) is 0.879. The van der Waals surface area contributed by atoms with E-state index in [1.807, 2.05) is 48.5 Å². The molecular weight excluding hydrogens is 588 g/mol. The Hall–Kier alpha value is -2.88. The minimum absolute atomic E-state index is 0. The summed E-state index contributed by atoms with van der Waals surface area (Å²) in [4.78, 5) is 7.57. The van der Waals surface area contributed by atoms with Crippen LogP contribution in [0.2, 0.25) is 0 Å². The van der Waals surface area contributed by atoms with Gasteiger partial charge in [-0.2, -0.15) is 10.2 Å². The summed E-state index contributed by atoms with van der Waals surface area (Å²) in [5, 5.41) is 7.07. The van der Waals surface area contributed by atoms with Crippen LogP contribution in [0.1, 0.15) is 1.43 Å². The molecule has 12 heteroatoms. The quantitative estimate of drug-likeness (QED) is 0.284. The summed E-state index contributed by atoms with van der Waals surface area (Å²) in [5.41, 5.74) is 0. The predicted molar refractivity (Wildman–Crippen MR) is 95.2 cm³/mol. The molecule has 0 spiro atoms. The van der Waals surface area contributed by atoms with Crippen molar-refractivity contribution in [3.05, 3.63) is 126 Å². The molecule has 0 aliphatic carbocycles. The van der Waals surface area contributed by atoms with Crippen LogP contribution in [0.4, 0.5) is 0 Å². The number of hydrogen-bond acceptors (Lipinski definition) is 4. The maximum atomic E-state index is 7.50. The van der Waals surface area contributed by atoms with Gasteiger partial charge >= 0.3 is 67.8 Å². The Morgan fingerprint density at radius 3 is 0.594 bits per heavy atom. The van der Waals surface area contributed by atoms with Crippen molar-refractivity contribution in [1.29, 1.82) is 0 Å². The van der Waals surface area contributed by atoms with E-state index in [2.05, 4.69) is 60.1 Å². The first-order chi connectivity index (χ1) is 15.0. The maximum Gasteiger partial charge on any atom is 0.0496 e. The monoisotopic (exact) mass is 601 g/mol. The first kappa shape index (κ1) is 51.6. The van der Waals surface area contributed by atoms with Crippen LogP contribution in [0.5, 0.6) is 0 Å². The molecule has 0 aromatic carbocycles. The molecule has 166 valence electrons. The van der Waals surface area contributed by atoms with Crippen LogP contribution in [0, 0.1) is 39.9 Å². The van der Waals surface area contributed by atoms with Gasteiger partial charge in [0.05, 0.1) is 0 Å². The van der Waals surface area contributed by atoms with Crippen molar-refractivity contribution < 1.29 is 69.6 Å². The second kappa shape index (κ2) is 90.5. The average Bonchev–Trinajstić information content (AvgIpc) is 2.95. The molecule has 0 fully saturated rings. The van der Waals surface area contributed by atoms with E-state index in [9.17, 15) is 0 Å². The van der Waals surface area contributed by atoms with Gasteiger partial charge in [-0.1, -0.05) is 12.1 Å². The van der Waals surface area contributed by atoms with Gasteiger partial charge in [0.2, 0.25) is 0 Å². The second-order valence-corrected chi connectivity index (χ2v) is 2.96.